The summed E-state index contributed by atoms with van der Waals surface area (Å²) in [5.41, 5.74) is 0.683. The number of rotatable bonds is 7. The topological polar surface area (TPSA) is 76.0 Å². The predicted octanol–water partition coefficient (Wildman–Crippen LogP) is 0.720. The van der Waals surface area contributed by atoms with Crippen molar-refractivity contribution < 1.29 is 12.8 Å². The van der Waals surface area contributed by atoms with Crippen molar-refractivity contribution in [1.29, 1.82) is 0 Å². The largest absolute Gasteiger partial charge is 0.318 e. The van der Waals surface area contributed by atoms with E-state index in [-0.39, 0.29) is 17.3 Å². The Labute approximate surface area is 123 Å². The summed E-state index contributed by atoms with van der Waals surface area (Å²) in [5, 5.41) is 6.95. The molecule has 0 atom stereocenters. The molecule has 2 N–H and O–H groups in total. The van der Waals surface area contributed by atoms with E-state index in [1.165, 1.54) is 36.7 Å². The molecule has 6 nitrogen and oxygen atoms in total. The van der Waals surface area contributed by atoms with Crippen molar-refractivity contribution in [2.24, 2.45) is 0 Å². The van der Waals surface area contributed by atoms with E-state index in [0.29, 0.717) is 18.7 Å². The van der Waals surface area contributed by atoms with E-state index in [1.807, 2.05) is 7.05 Å². The predicted molar refractivity (Wildman–Crippen MR) is 76.6 cm³/mol. The molecule has 0 aliphatic heterocycles. The lowest BCUT2D eigenvalue weighted by atomic mass is 10.2. The zero-order chi connectivity index (χ0) is 15.3. The number of halogens is 1. The summed E-state index contributed by atoms with van der Waals surface area (Å²) in [6, 6.07) is 5.65. The van der Waals surface area contributed by atoms with E-state index in [2.05, 4.69) is 15.1 Å². The minimum atomic E-state index is -3.62. The molecule has 0 aliphatic carbocycles. The van der Waals surface area contributed by atoms with Crippen molar-refractivity contribution in [3.05, 3.63) is 48.0 Å². The number of benzene rings is 1. The first-order chi connectivity index (χ1) is 10.0. The summed E-state index contributed by atoms with van der Waals surface area (Å²) in [5.74, 6) is -0.354. The third-order valence-electron chi connectivity index (χ3n) is 2.89. The van der Waals surface area contributed by atoms with Crippen LogP contribution in [0.1, 0.15) is 5.56 Å². The lowest BCUT2D eigenvalue weighted by molar-refractivity contribution is 0.576. The smallest absolute Gasteiger partial charge is 0.243 e. The Balaban J connectivity index is 2.00. The molecule has 1 heterocycles. The van der Waals surface area contributed by atoms with Crippen LogP contribution in [0.25, 0.3) is 0 Å². The van der Waals surface area contributed by atoms with Crippen LogP contribution in [0.4, 0.5) is 4.39 Å². The number of nitrogens with one attached hydrogen (secondary N) is 2. The summed E-state index contributed by atoms with van der Waals surface area (Å²) in [4.78, 5) is 0.112. The molecule has 114 valence electrons. The molecule has 0 unspecified atom stereocenters. The van der Waals surface area contributed by atoms with Gasteiger partial charge in [0.25, 0.3) is 0 Å². The maximum absolute atomic E-state index is 12.8. The van der Waals surface area contributed by atoms with Gasteiger partial charge in [-0.15, -0.1) is 0 Å². The average Bonchev–Trinajstić information content (AvgIpc) is 2.94. The molecule has 1 aromatic heterocycles. The summed E-state index contributed by atoms with van der Waals surface area (Å²) in [7, 11) is -1.81. The fourth-order valence-electron chi connectivity index (χ4n) is 1.70. The van der Waals surface area contributed by atoms with Crippen molar-refractivity contribution in [1.82, 2.24) is 19.8 Å². The number of nitrogens with zero attached hydrogens (tertiary/aromatic N) is 2. The SMILES string of the molecule is CNCCn1cc(S(=O)(=O)NCc2ccc(F)cc2)cn1. The van der Waals surface area contributed by atoms with E-state index >= 15 is 0 Å². The second kappa shape index (κ2) is 6.79. The van der Waals surface area contributed by atoms with Gasteiger partial charge in [0.05, 0.1) is 12.7 Å². The monoisotopic (exact) mass is 312 g/mol. The van der Waals surface area contributed by atoms with E-state index in [9.17, 15) is 12.8 Å². The summed E-state index contributed by atoms with van der Waals surface area (Å²) in [6.45, 7) is 1.39. The van der Waals surface area contributed by atoms with Crippen LogP contribution in [-0.2, 0) is 23.1 Å². The van der Waals surface area contributed by atoms with Crippen LogP contribution in [0.15, 0.2) is 41.6 Å². The van der Waals surface area contributed by atoms with Gasteiger partial charge in [0.15, 0.2) is 0 Å². The molecule has 0 spiro atoms. The minimum absolute atomic E-state index is 0.101. The van der Waals surface area contributed by atoms with Gasteiger partial charge < -0.3 is 5.32 Å². The molecule has 0 aliphatic rings. The Morgan fingerprint density at radius 1 is 1.29 bits per heavy atom. The van der Waals surface area contributed by atoms with E-state index in [1.54, 1.807) is 4.68 Å². The van der Waals surface area contributed by atoms with Crippen molar-refractivity contribution in [2.75, 3.05) is 13.6 Å². The van der Waals surface area contributed by atoms with E-state index in [4.69, 9.17) is 0 Å². The Kier molecular flexibility index (Phi) is 5.05. The molecule has 2 rings (SSSR count). The Hall–Kier alpha value is -1.77. The molecule has 0 saturated heterocycles. The molecule has 2 aromatic rings. The molecule has 21 heavy (non-hydrogen) atoms. The molecule has 0 bridgehead atoms. The first-order valence-electron chi connectivity index (χ1n) is 6.42. The van der Waals surface area contributed by atoms with Gasteiger partial charge in [0.1, 0.15) is 10.7 Å². The second-order valence-electron chi connectivity index (χ2n) is 4.49. The normalized spacial score (nSPS) is 11.7. The van der Waals surface area contributed by atoms with Crippen molar-refractivity contribution >= 4 is 10.0 Å². The van der Waals surface area contributed by atoms with Gasteiger partial charge in [-0.05, 0) is 24.7 Å². The standard InChI is InChI=1S/C13H17FN4O2S/c1-15-6-7-18-10-13(9-16-18)21(19,20)17-8-11-2-4-12(14)5-3-11/h2-5,9-10,15,17H,6-8H2,1H3. The molecule has 0 fully saturated rings. The second-order valence-corrected chi connectivity index (χ2v) is 6.26. The maximum atomic E-state index is 12.8. The molecule has 0 amide bonds. The van der Waals surface area contributed by atoms with Gasteiger partial charge in [0, 0.05) is 19.3 Å². The molecule has 0 saturated carbocycles. The van der Waals surface area contributed by atoms with Gasteiger partial charge >= 0.3 is 0 Å². The number of likely N-dealkylation sites (N-methyl/N-ethyl adjacent to an activating group) is 1. The lowest BCUT2D eigenvalue weighted by Crippen LogP contribution is -2.23. The third kappa shape index (κ3) is 4.35. The van der Waals surface area contributed by atoms with Crippen LogP contribution >= 0.6 is 0 Å². The van der Waals surface area contributed by atoms with Crippen molar-refractivity contribution in [2.45, 2.75) is 18.0 Å². The minimum Gasteiger partial charge on any atom is -0.318 e. The first kappa shape index (κ1) is 15.6. The van der Waals surface area contributed by atoms with Gasteiger partial charge in [0.2, 0.25) is 10.0 Å². The molecule has 0 radical (unpaired) electrons. The fourth-order valence-corrected chi connectivity index (χ4v) is 2.67. The number of hydrogen-bond donors (Lipinski definition) is 2. The number of sulfonamides is 1. The van der Waals surface area contributed by atoms with Gasteiger partial charge in [-0.1, -0.05) is 12.1 Å². The third-order valence-corrected chi connectivity index (χ3v) is 4.25. The molecular weight excluding hydrogens is 295 g/mol. The first-order valence-corrected chi connectivity index (χ1v) is 7.91. The average molecular weight is 312 g/mol. The highest BCUT2D eigenvalue weighted by molar-refractivity contribution is 7.89. The van der Waals surface area contributed by atoms with Crippen LogP contribution < -0.4 is 10.0 Å². The highest BCUT2D eigenvalue weighted by atomic mass is 32.2. The Bertz CT molecular complexity index is 682. The van der Waals surface area contributed by atoms with Crippen LogP contribution in [-0.4, -0.2) is 31.8 Å². The molecular formula is C13H17FN4O2S. The lowest BCUT2D eigenvalue weighted by Gasteiger charge is -2.05. The number of aromatic nitrogens is 2. The summed E-state index contributed by atoms with van der Waals surface area (Å²) >= 11 is 0. The molecule has 8 heteroatoms. The van der Waals surface area contributed by atoms with Crippen LogP contribution in [0, 0.1) is 5.82 Å². The van der Waals surface area contributed by atoms with Crippen molar-refractivity contribution in [3.8, 4) is 0 Å². The Morgan fingerprint density at radius 2 is 2.00 bits per heavy atom. The highest BCUT2D eigenvalue weighted by Crippen LogP contribution is 2.09. The maximum Gasteiger partial charge on any atom is 0.243 e. The molecule has 1 aromatic carbocycles. The van der Waals surface area contributed by atoms with Crippen LogP contribution in [0.3, 0.4) is 0 Å². The van der Waals surface area contributed by atoms with Crippen molar-refractivity contribution in [3.63, 3.8) is 0 Å². The van der Waals surface area contributed by atoms with Gasteiger partial charge in [-0.2, -0.15) is 5.10 Å². The number of hydrogen-bond acceptors (Lipinski definition) is 4. The quantitative estimate of drug-likeness (QED) is 0.790. The van der Waals surface area contributed by atoms with E-state index < -0.39 is 10.0 Å². The summed E-state index contributed by atoms with van der Waals surface area (Å²) in [6.07, 6.45) is 2.78. The zero-order valence-electron chi connectivity index (χ0n) is 11.6. The highest BCUT2D eigenvalue weighted by Gasteiger charge is 2.16. The van der Waals surface area contributed by atoms with Gasteiger partial charge in [-0.3, -0.25) is 4.68 Å². The zero-order valence-corrected chi connectivity index (χ0v) is 12.4. The van der Waals surface area contributed by atoms with Crippen LogP contribution in [0.2, 0.25) is 0 Å². The van der Waals surface area contributed by atoms with E-state index in [0.717, 1.165) is 0 Å². The summed E-state index contributed by atoms with van der Waals surface area (Å²) < 4.78 is 41.0. The van der Waals surface area contributed by atoms with Gasteiger partial charge in [-0.25, -0.2) is 17.5 Å². The fraction of sp³-hybridized carbons (Fsp3) is 0.308. The Morgan fingerprint density at radius 3 is 2.67 bits per heavy atom. The van der Waals surface area contributed by atoms with Crippen LogP contribution in [0.5, 0.6) is 0 Å².